The fourth-order valence-electron chi connectivity index (χ4n) is 1.31. The smallest absolute Gasteiger partial charge is 0.0354 e. The third-order valence-corrected chi connectivity index (χ3v) is 1.89. The van der Waals surface area contributed by atoms with Gasteiger partial charge in [0.05, 0.1) is 0 Å². The molecule has 0 aromatic carbocycles. The maximum absolute atomic E-state index is 3.17. The van der Waals surface area contributed by atoms with Gasteiger partial charge in [0.2, 0.25) is 0 Å². The summed E-state index contributed by atoms with van der Waals surface area (Å²) in [6.45, 7) is 4.53. The molecule has 1 saturated heterocycles. The van der Waals surface area contributed by atoms with Crippen molar-refractivity contribution in [1.82, 2.24) is 16.2 Å². The molecule has 1 rings (SSSR count). The fourth-order valence-corrected chi connectivity index (χ4v) is 1.31. The van der Waals surface area contributed by atoms with Gasteiger partial charge in [-0.1, -0.05) is 6.92 Å². The predicted octanol–water partition coefficient (Wildman–Crippen LogP) is -0.292. The van der Waals surface area contributed by atoms with Crippen LogP contribution in [0.15, 0.2) is 0 Å². The molecule has 0 aromatic rings. The SMILES string of the molecule is CNCC(C)CC1CNN1. The van der Waals surface area contributed by atoms with Crippen LogP contribution in [0.25, 0.3) is 0 Å². The first-order valence-electron chi connectivity index (χ1n) is 3.96. The summed E-state index contributed by atoms with van der Waals surface area (Å²) in [5.74, 6) is 0.782. The normalized spacial score (nSPS) is 27.6. The molecular formula is C7H17N3. The van der Waals surface area contributed by atoms with E-state index in [0.717, 1.165) is 19.0 Å². The van der Waals surface area contributed by atoms with Crippen LogP contribution < -0.4 is 16.2 Å². The van der Waals surface area contributed by atoms with E-state index >= 15 is 0 Å². The van der Waals surface area contributed by atoms with Gasteiger partial charge in [0, 0.05) is 12.6 Å². The molecule has 3 nitrogen and oxygen atoms in total. The lowest BCUT2D eigenvalue weighted by Gasteiger charge is -2.30. The van der Waals surface area contributed by atoms with Crippen LogP contribution in [0, 0.1) is 5.92 Å². The van der Waals surface area contributed by atoms with Crippen LogP contribution in [0.5, 0.6) is 0 Å². The van der Waals surface area contributed by atoms with Crippen molar-refractivity contribution >= 4 is 0 Å². The summed E-state index contributed by atoms with van der Waals surface area (Å²) in [6.07, 6.45) is 1.27. The van der Waals surface area contributed by atoms with Crippen LogP contribution in [-0.2, 0) is 0 Å². The fraction of sp³-hybridized carbons (Fsp3) is 1.00. The summed E-state index contributed by atoms with van der Waals surface area (Å²) in [5.41, 5.74) is 6.20. The van der Waals surface area contributed by atoms with E-state index in [9.17, 15) is 0 Å². The van der Waals surface area contributed by atoms with Gasteiger partial charge in [-0.3, -0.25) is 10.9 Å². The van der Waals surface area contributed by atoms with Crippen LogP contribution in [0.4, 0.5) is 0 Å². The molecule has 0 spiro atoms. The molecule has 1 aliphatic heterocycles. The standard InChI is InChI=1S/C7H17N3/c1-6(4-8-2)3-7-5-9-10-7/h6-10H,3-5H2,1-2H3. The number of hydrazine groups is 1. The van der Waals surface area contributed by atoms with E-state index in [4.69, 9.17) is 0 Å². The highest BCUT2D eigenvalue weighted by atomic mass is 15.4. The van der Waals surface area contributed by atoms with Gasteiger partial charge in [-0.05, 0) is 25.9 Å². The van der Waals surface area contributed by atoms with Crippen LogP contribution >= 0.6 is 0 Å². The first-order chi connectivity index (χ1) is 4.83. The highest BCUT2D eigenvalue weighted by molar-refractivity contribution is 4.77. The molecular weight excluding hydrogens is 126 g/mol. The van der Waals surface area contributed by atoms with Crippen LogP contribution in [0.1, 0.15) is 13.3 Å². The number of hydrogen-bond acceptors (Lipinski definition) is 3. The number of rotatable bonds is 4. The summed E-state index contributed by atoms with van der Waals surface area (Å²) in [6, 6.07) is 0.711. The van der Waals surface area contributed by atoms with Gasteiger partial charge in [-0.15, -0.1) is 0 Å². The maximum Gasteiger partial charge on any atom is 0.0354 e. The van der Waals surface area contributed by atoms with E-state index in [1.807, 2.05) is 7.05 Å². The lowest BCUT2D eigenvalue weighted by molar-refractivity contribution is 0.254. The molecule has 0 radical (unpaired) electrons. The lowest BCUT2D eigenvalue weighted by Crippen LogP contribution is -2.59. The van der Waals surface area contributed by atoms with Gasteiger partial charge >= 0.3 is 0 Å². The second kappa shape index (κ2) is 3.91. The Morgan fingerprint density at radius 2 is 2.40 bits per heavy atom. The zero-order valence-electron chi connectivity index (χ0n) is 6.78. The van der Waals surface area contributed by atoms with Crippen molar-refractivity contribution in [1.29, 1.82) is 0 Å². The highest BCUT2D eigenvalue weighted by Crippen LogP contribution is 2.06. The Balaban J connectivity index is 1.99. The zero-order valence-corrected chi connectivity index (χ0v) is 6.78. The molecule has 1 heterocycles. The molecule has 0 aromatic heterocycles. The average molecular weight is 143 g/mol. The quantitative estimate of drug-likeness (QED) is 0.506. The third kappa shape index (κ3) is 2.25. The second-order valence-electron chi connectivity index (χ2n) is 3.12. The minimum absolute atomic E-state index is 0.711. The second-order valence-corrected chi connectivity index (χ2v) is 3.12. The minimum Gasteiger partial charge on any atom is -0.319 e. The van der Waals surface area contributed by atoms with Gasteiger partial charge in [0.15, 0.2) is 0 Å². The molecule has 10 heavy (non-hydrogen) atoms. The van der Waals surface area contributed by atoms with Gasteiger partial charge in [0.25, 0.3) is 0 Å². The minimum atomic E-state index is 0.711. The Labute approximate surface area is 62.5 Å². The summed E-state index contributed by atoms with van der Waals surface area (Å²) < 4.78 is 0. The van der Waals surface area contributed by atoms with E-state index < -0.39 is 0 Å². The van der Waals surface area contributed by atoms with E-state index in [-0.39, 0.29) is 0 Å². The van der Waals surface area contributed by atoms with E-state index in [0.29, 0.717) is 6.04 Å². The average Bonchev–Trinajstić information content (AvgIpc) is 1.80. The molecule has 0 aliphatic carbocycles. The molecule has 3 heteroatoms. The molecule has 0 saturated carbocycles. The van der Waals surface area contributed by atoms with Crippen molar-refractivity contribution in [2.45, 2.75) is 19.4 Å². The topological polar surface area (TPSA) is 36.1 Å². The molecule has 2 atom stereocenters. The summed E-state index contributed by atoms with van der Waals surface area (Å²) in [4.78, 5) is 0. The van der Waals surface area contributed by atoms with E-state index in [1.54, 1.807) is 0 Å². The third-order valence-electron chi connectivity index (χ3n) is 1.89. The van der Waals surface area contributed by atoms with Crippen molar-refractivity contribution in [3.8, 4) is 0 Å². The summed E-state index contributed by atoms with van der Waals surface area (Å²) in [7, 11) is 2.00. The molecule has 0 amide bonds. The molecule has 0 bridgehead atoms. The van der Waals surface area contributed by atoms with Gasteiger partial charge in [-0.25, -0.2) is 0 Å². The van der Waals surface area contributed by atoms with Crippen molar-refractivity contribution in [2.75, 3.05) is 20.1 Å². The van der Waals surface area contributed by atoms with E-state index in [1.165, 1.54) is 6.42 Å². The van der Waals surface area contributed by atoms with Crippen LogP contribution in [-0.4, -0.2) is 26.2 Å². The van der Waals surface area contributed by atoms with Crippen molar-refractivity contribution in [2.24, 2.45) is 5.92 Å². The summed E-state index contributed by atoms with van der Waals surface area (Å²) in [5, 5.41) is 3.17. The Hall–Kier alpha value is -0.120. The monoisotopic (exact) mass is 143 g/mol. The zero-order chi connectivity index (χ0) is 7.40. The Kier molecular flexibility index (Phi) is 3.12. The molecule has 1 fully saturated rings. The van der Waals surface area contributed by atoms with Gasteiger partial charge in [-0.2, -0.15) is 0 Å². The molecule has 1 aliphatic rings. The van der Waals surface area contributed by atoms with Crippen molar-refractivity contribution in [3.63, 3.8) is 0 Å². The molecule has 2 unspecified atom stereocenters. The van der Waals surface area contributed by atoms with Crippen LogP contribution in [0.3, 0.4) is 0 Å². The van der Waals surface area contributed by atoms with Crippen molar-refractivity contribution < 1.29 is 0 Å². The van der Waals surface area contributed by atoms with Crippen molar-refractivity contribution in [3.05, 3.63) is 0 Å². The largest absolute Gasteiger partial charge is 0.319 e. The number of hydrogen-bond donors (Lipinski definition) is 3. The molecule has 60 valence electrons. The van der Waals surface area contributed by atoms with E-state index in [2.05, 4.69) is 23.1 Å². The Morgan fingerprint density at radius 1 is 1.70 bits per heavy atom. The Bertz CT molecular complexity index is 90.9. The maximum atomic E-state index is 3.17. The lowest BCUT2D eigenvalue weighted by atomic mass is 10.0. The van der Waals surface area contributed by atoms with Crippen LogP contribution in [0.2, 0.25) is 0 Å². The first-order valence-corrected chi connectivity index (χ1v) is 3.96. The number of nitrogens with one attached hydrogen (secondary N) is 3. The Morgan fingerprint density at radius 3 is 2.80 bits per heavy atom. The molecule has 3 N–H and O–H groups in total. The van der Waals surface area contributed by atoms with Gasteiger partial charge in [0.1, 0.15) is 0 Å². The highest BCUT2D eigenvalue weighted by Gasteiger charge is 2.17. The summed E-state index contributed by atoms with van der Waals surface area (Å²) >= 11 is 0. The first kappa shape index (κ1) is 7.98. The van der Waals surface area contributed by atoms with Gasteiger partial charge < -0.3 is 5.32 Å². The predicted molar refractivity (Wildman–Crippen MR) is 42.6 cm³/mol.